The average Bonchev–Trinajstić information content (AvgIpc) is 2.69. The van der Waals surface area contributed by atoms with Gasteiger partial charge in [0.15, 0.2) is 0 Å². The van der Waals surface area contributed by atoms with Crippen LogP contribution in [-0.2, 0) is 0 Å². The van der Waals surface area contributed by atoms with Crippen LogP contribution in [0.5, 0.6) is 0 Å². The first-order valence-corrected chi connectivity index (χ1v) is 8.20. The molecule has 4 nitrogen and oxygen atoms in total. The number of hydrogen-bond acceptors (Lipinski definition) is 3. The normalized spacial score (nSPS) is 20.6. The van der Waals surface area contributed by atoms with Crippen LogP contribution in [0, 0.1) is 6.92 Å². The highest BCUT2D eigenvalue weighted by Crippen LogP contribution is 2.21. The summed E-state index contributed by atoms with van der Waals surface area (Å²) in [7, 11) is 0. The van der Waals surface area contributed by atoms with E-state index in [4.69, 9.17) is 0 Å². The standard InChI is InChI=1S/C17H26N4/c1-3-9-21-10-4-5-14(8-11-21)20-15-6-7-16-17(12-15)19-13(2)18-16/h6-7,12,14,20H,3-5,8-11H2,1-2H3,(H,18,19). The summed E-state index contributed by atoms with van der Waals surface area (Å²) in [6.45, 7) is 7.98. The number of fused-ring (bicyclic) bond motifs is 1. The minimum Gasteiger partial charge on any atom is -0.382 e. The van der Waals surface area contributed by atoms with Gasteiger partial charge in [-0.2, -0.15) is 0 Å². The third-order valence-electron chi connectivity index (χ3n) is 4.33. The second-order valence-electron chi connectivity index (χ2n) is 6.17. The van der Waals surface area contributed by atoms with Crippen LogP contribution in [0.2, 0.25) is 0 Å². The molecule has 1 aliphatic heterocycles. The summed E-state index contributed by atoms with van der Waals surface area (Å²) in [5, 5.41) is 3.71. The number of rotatable bonds is 4. The molecule has 3 rings (SSSR count). The molecule has 21 heavy (non-hydrogen) atoms. The van der Waals surface area contributed by atoms with Crippen LogP contribution in [0.4, 0.5) is 5.69 Å². The SMILES string of the molecule is CCCN1CCCC(Nc2ccc3nc(C)[nH]c3c2)CC1. The smallest absolute Gasteiger partial charge is 0.104 e. The van der Waals surface area contributed by atoms with Gasteiger partial charge in [-0.1, -0.05) is 6.92 Å². The van der Waals surface area contributed by atoms with Gasteiger partial charge in [-0.25, -0.2) is 4.98 Å². The number of benzene rings is 1. The van der Waals surface area contributed by atoms with Gasteiger partial charge in [-0.05, 0) is 63.9 Å². The van der Waals surface area contributed by atoms with Crippen LogP contribution in [0.15, 0.2) is 18.2 Å². The Labute approximate surface area is 126 Å². The van der Waals surface area contributed by atoms with Crippen molar-refractivity contribution in [3.05, 3.63) is 24.0 Å². The summed E-state index contributed by atoms with van der Waals surface area (Å²) in [6, 6.07) is 7.02. The van der Waals surface area contributed by atoms with Crippen molar-refractivity contribution in [3.8, 4) is 0 Å². The van der Waals surface area contributed by atoms with Gasteiger partial charge in [0, 0.05) is 18.3 Å². The minimum atomic E-state index is 0.591. The van der Waals surface area contributed by atoms with E-state index in [1.54, 1.807) is 0 Å². The first kappa shape index (κ1) is 14.4. The number of imidazole rings is 1. The first-order chi connectivity index (χ1) is 10.2. The Hall–Kier alpha value is -1.55. The van der Waals surface area contributed by atoms with E-state index in [-0.39, 0.29) is 0 Å². The molecule has 1 fully saturated rings. The molecule has 1 unspecified atom stereocenters. The summed E-state index contributed by atoms with van der Waals surface area (Å²) < 4.78 is 0. The number of likely N-dealkylation sites (tertiary alicyclic amines) is 1. The van der Waals surface area contributed by atoms with Crippen LogP contribution < -0.4 is 5.32 Å². The molecule has 0 saturated carbocycles. The molecule has 0 bridgehead atoms. The van der Waals surface area contributed by atoms with E-state index in [1.807, 2.05) is 6.92 Å². The fraction of sp³-hybridized carbons (Fsp3) is 0.588. The largest absolute Gasteiger partial charge is 0.382 e. The molecule has 0 aliphatic carbocycles. The molecule has 1 saturated heterocycles. The van der Waals surface area contributed by atoms with E-state index in [0.717, 1.165) is 16.9 Å². The highest BCUT2D eigenvalue weighted by Gasteiger charge is 2.16. The topological polar surface area (TPSA) is 44.0 Å². The molecule has 0 radical (unpaired) electrons. The molecule has 2 aromatic rings. The third-order valence-corrected chi connectivity index (χ3v) is 4.33. The number of aromatic amines is 1. The lowest BCUT2D eigenvalue weighted by Gasteiger charge is -2.20. The van der Waals surface area contributed by atoms with Gasteiger partial charge in [-0.15, -0.1) is 0 Å². The maximum Gasteiger partial charge on any atom is 0.104 e. The van der Waals surface area contributed by atoms with Crippen molar-refractivity contribution in [2.75, 3.05) is 25.0 Å². The summed E-state index contributed by atoms with van der Waals surface area (Å²) in [4.78, 5) is 10.4. The lowest BCUT2D eigenvalue weighted by Crippen LogP contribution is -2.27. The molecule has 2 N–H and O–H groups in total. The monoisotopic (exact) mass is 286 g/mol. The van der Waals surface area contributed by atoms with Gasteiger partial charge in [0.05, 0.1) is 11.0 Å². The maximum absolute atomic E-state index is 4.46. The first-order valence-electron chi connectivity index (χ1n) is 8.20. The minimum absolute atomic E-state index is 0.591. The van der Waals surface area contributed by atoms with E-state index in [0.29, 0.717) is 6.04 Å². The number of aryl methyl sites for hydroxylation is 1. The number of nitrogens with zero attached hydrogens (tertiary/aromatic N) is 2. The highest BCUT2D eigenvalue weighted by atomic mass is 15.1. The van der Waals surface area contributed by atoms with Crippen molar-refractivity contribution < 1.29 is 0 Å². The summed E-state index contributed by atoms with van der Waals surface area (Å²) in [6.07, 6.45) is 5.05. The summed E-state index contributed by atoms with van der Waals surface area (Å²) >= 11 is 0. The molecule has 0 spiro atoms. The van der Waals surface area contributed by atoms with Crippen molar-refractivity contribution in [2.45, 2.75) is 45.6 Å². The van der Waals surface area contributed by atoms with Crippen LogP contribution >= 0.6 is 0 Å². The Morgan fingerprint density at radius 2 is 2.24 bits per heavy atom. The van der Waals surface area contributed by atoms with Crippen molar-refractivity contribution in [1.82, 2.24) is 14.9 Å². The van der Waals surface area contributed by atoms with Gasteiger partial charge in [0.25, 0.3) is 0 Å². The lowest BCUT2D eigenvalue weighted by molar-refractivity contribution is 0.285. The van der Waals surface area contributed by atoms with E-state index in [2.05, 4.69) is 45.3 Å². The third kappa shape index (κ3) is 3.56. The molecule has 1 aromatic heterocycles. The van der Waals surface area contributed by atoms with Crippen molar-refractivity contribution >= 4 is 16.7 Å². The maximum atomic E-state index is 4.46. The summed E-state index contributed by atoms with van der Waals surface area (Å²) in [5.74, 6) is 0.979. The van der Waals surface area contributed by atoms with Gasteiger partial charge in [-0.3, -0.25) is 0 Å². The number of hydrogen-bond donors (Lipinski definition) is 2. The summed E-state index contributed by atoms with van der Waals surface area (Å²) in [5.41, 5.74) is 3.38. The van der Waals surface area contributed by atoms with E-state index in [1.165, 1.54) is 51.0 Å². The highest BCUT2D eigenvalue weighted by molar-refractivity contribution is 5.79. The zero-order valence-corrected chi connectivity index (χ0v) is 13.2. The van der Waals surface area contributed by atoms with Gasteiger partial charge >= 0.3 is 0 Å². The quantitative estimate of drug-likeness (QED) is 0.903. The molecule has 4 heteroatoms. The van der Waals surface area contributed by atoms with Crippen LogP contribution in [0.1, 0.15) is 38.4 Å². The zero-order chi connectivity index (χ0) is 14.7. The van der Waals surface area contributed by atoms with Gasteiger partial charge in [0.1, 0.15) is 5.82 Å². The molecular weight excluding hydrogens is 260 g/mol. The molecule has 1 aliphatic rings. The number of nitrogens with one attached hydrogen (secondary N) is 2. The molecule has 1 atom stereocenters. The Morgan fingerprint density at radius 1 is 1.33 bits per heavy atom. The van der Waals surface area contributed by atoms with Crippen molar-refractivity contribution in [3.63, 3.8) is 0 Å². The molecule has 1 aromatic carbocycles. The van der Waals surface area contributed by atoms with Crippen LogP contribution in [0.3, 0.4) is 0 Å². The lowest BCUT2D eigenvalue weighted by atomic mass is 10.1. The molecular formula is C17H26N4. The predicted octanol–water partition coefficient (Wildman–Crippen LogP) is 3.55. The van der Waals surface area contributed by atoms with Crippen molar-refractivity contribution in [1.29, 1.82) is 0 Å². The second kappa shape index (κ2) is 6.48. The predicted molar refractivity (Wildman–Crippen MR) is 88.8 cm³/mol. The van der Waals surface area contributed by atoms with E-state index >= 15 is 0 Å². The fourth-order valence-corrected chi connectivity index (χ4v) is 3.30. The Balaban J connectivity index is 1.64. The van der Waals surface area contributed by atoms with Gasteiger partial charge in [0.2, 0.25) is 0 Å². The molecule has 0 amide bonds. The second-order valence-corrected chi connectivity index (χ2v) is 6.17. The fourth-order valence-electron chi connectivity index (χ4n) is 3.30. The Bertz CT molecular complexity index is 589. The zero-order valence-electron chi connectivity index (χ0n) is 13.2. The Morgan fingerprint density at radius 3 is 3.10 bits per heavy atom. The van der Waals surface area contributed by atoms with Crippen molar-refractivity contribution in [2.24, 2.45) is 0 Å². The molecule has 2 heterocycles. The number of aromatic nitrogens is 2. The van der Waals surface area contributed by atoms with Gasteiger partial charge < -0.3 is 15.2 Å². The van der Waals surface area contributed by atoms with Crippen LogP contribution in [0.25, 0.3) is 11.0 Å². The van der Waals surface area contributed by atoms with Crippen LogP contribution in [-0.4, -0.2) is 40.5 Å². The number of H-pyrrole nitrogens is 1. The molecule has 114 valence electrons. The average molecular weight is 286 g/mol. The van der Waals surface area contributed by atoms with E-state index < -0.39 is 0 Å². The number of anilines is 1. The van der Waals surface area contributed by atoms with E-state index in [9.17, 15) is 0 Å². The Kier molecular flexibility index (Phi) is 4.44.